The molecular formula is C17H12Cl2N2. The highest BCUT2D eigenvalue weighted by Crippen LogP contribution is 2.32. The minimum absolute atomic E-state index is 0.704. The quantitative estimate of drug-likeness (QED) is 0.630. The van der Waals surface area contributed by atoms with E-state index in [1.165, 1.54) is 0 Å². The van der Waals surface area contributed by atoms with Gasteiger partial charge in [-0.2, -0.15) is 0 Å². The predicted octanol–water partition coefficient (Wildman–Crippen LogP) is 5.43. The monoisotopic (exact) mass is 314 g/mol. The number of halogens is 2. The van der Waals surface area contributed by atoms with Crippen LogP contribution >= 0.6 is 23.2 Å². The van der Waals surface area contributed by atoms with Gasteiger partial charge in [0.1, 0.15) is 6.33 Å². The molecule has 4 heteroatoms. The van der Waals surface area contributed by atoms with Crippen LogP contribution < -0.4 is 0 Å². The maximum Gasteiger partial charge on any atom is 0.116 e. The summed E-state index contributed by atoms with van der Waals surface area (Å²) >= 11 is 12.2. The second-order valence-electron chi connectivity index (χ2n) is 4.76. The van der Waals surface area contributed by atoms with Gasteiger partial charge in [-0.3, -0.25) is 0 Å². The smallest absolute Gasteiger partial charge is 0.116 e. The molecule has 0 unspecified atom stereocenters. The van der Waals surface area contributed by atoms with E-state index in [0.717, 1.165) is 33.0 Å². The lowest BCUT2D eigenvalue weighted by atomic mass is 10.0. The summed E-state index contributed by atoms with van der Waals surface area (Å²) in [5.74, 6) is 0. The highest BCUT2D eigenvalue weighted by molar-refractivity contribution is 6.31. The van der Waals surface area contributed by atoms with Gasteiger partial charge in [0.05, 0.1) is 5.69 Å². The molecule has 0 aliphatic carbocycles. The van der Waals surface area contributed by atoms with Gasteiger partial charge in [0, 0.05) is 27.4 Å². The third-order valence-corrected chi connectivity index (χ3v) is 3.97. The molecule has 0 amide bonds. The minimum atomic E-state index is 0.704. The van der Waals surface area contributed by atoms with Gasteiger partial charge >= 0.3 is 0 Å². The Labute approximate surface area is 133 Å². The van der Waals surface area contributed by atoms with Gasteiger partial charge in [-0.05, 0) is 36.2 Å². The van der Waals surface area contributed by atoms with Gasteiger partial charge in [-0.25, -0.2) is 9.97 Å². The normalized spacial score (nSPS) is 10.6. The predicted molar refractivity (Wildman–Crippen MR) is 87.7 cm³/mol. The number of benzene rings is 2. The van der Waals surface area contributed by atoms with E-state index in [-0.39, 0.29) is 0 Å². The Bertz CT molecular complexity index is 783. The molecule has 0 bridgehead atoms. The van der Waals surface area contributed by atoms with Crippen molar-refractivity contribution in [3.8, 4) is 22.4 Å². The first-order valence-corrected chi connectivity index (χ1v) is 7.23. The van der Waals surface area contributed by atoms with Crippen molar-refractivity contribution in [2.75, 3.05) is 0 Å². The molecule has 0 saturated carbocycles. The number of aryl methyl sites for hydroxylation is 1. The van der Waals surface area contributed by atoms with Crippen molar-refractivity contribution in [2.24, 2.45) is 0 Å². The highest BCUT2D eigenvalue weighted by atomic mass is 35.5. The molecule has 1 aromatic heterocycles. The lowest BCUT2D eigenvalue weighted by Gasteiger charge is -2.09. The van der Waals surface area contributed by atoms with Crippen LogP contribution in [0.25, 0.3) is 22.4 Å². The molecule has 1 heterocycles. The average molecular weight is 315 g/mol. The van der Waals surface area contributed by atoms with Crippen molar-refractivity contribution in [3.05, 3.63) is 70.6 Å². The van der Waals surface area contributed by atoms with Crippen molar-refractivity contribution in [3.63, 3.8) is 0 Å². The number of hydrogen-bond acceptors (Lipinski definition) is 2. The largest absolute Gasteiger partial charge is 0.244 e. The molecule has 21 heavy (non-hydrogen) atoms. The Morgan fingerprint density at radius 3 is 2.33 bits per heavy atom. The van der Waals surface area contributed by atoms with Crippen LogP contribution in [0.1, 0.15) is 5.56 Å². The second kappa shape index (κ2) is 5.84. The van der Waals surface area contributed by atoms with E-state index in [1.54, 1.807) is 12.5 Å². The third-order valence-electron chi connectivity index (χ3n) is 3.31. The first kappa shape index (κ1) is 14.1. The summed E-state index contributed by atoms with van der Waals surface area (Å²) in [5.41, 5.74) is 4.84. The van der Waals surface area contributed by atoms with Crippen molar-refractivity contribution in [2.45, 2.75) is 6.92 Å². The number of rotatable bonds is 2. The average Bonchev–Trinajstić information content (AvgIpc) is 2.51. The Hall–Kier alpha value is -1.90. The number of hydrogen-bond donors (Lipinski definition) is 0. The van der Waals surface area contributed by atoms with Gasteiger partial charge in [0.25, 0.3) is 0 Å². The summed E-state index contributed by atoms with van der Waals surface area (Å²) in [4.78, 5) is 8.55. The van der Waals surface area contributed by atoms with Gasteiger partial charge in [0.15, 0.2) is 0 Å². The third kappa shape index (κ3) is 2.92. The fraction of sp³-hybridized carbons (Fsp3) is 0.0588. The van der Waals surface area contributed by atoms with Crippen LogP contribution in [-0.2, 0) is 0 Å². The minimum Gasteiger partial charge on any atom is -0.244 e. The molecule has 2 aromatic carbocycles. The zero-order valence-electron chi connectivity index (χ0n) is 11.3. The van der Waals surface area contributed by atoms with E-state index in [2.05, 4.69) is 9.97 Å². The standard InChI is InChI=1S/C17H12Cl2N2/c1-11-2-3-13(8-16(11)19)17-15(9-20-10-21-17)12-4-6-14(18)7-5-12/h2-10H,1H3. The van der Waals surface area contributed by atoms with Crippen molar-refractivity contribution in [1.82, 2.24) is 9.97 Å². The lowest BCUT2D eigenvalue weighted by Crippen LogP contribution is -1.91. The van der Waals surface area contributed by atoms with Crippen LogP contribution in [0.5, 0.6) is 0 Å². The van der Waals surface area contributed by atoms with Crippen molar-refractivity contribution < 1.29 is 0 Å². The molecule has 0 spiro atoms. The molecule has 3 rings (SSSR count). The summed E-state index contributed by atoms with van der Waals surface area (Å²) in [6, 6.07) is 13.6. The molecule has 0 N–H and O–H groups in total. The lowest BCUT2D eigenvalue weighted by molar-refractivity contribution is 1.17. The van der Waals surface area contributed by atoms with Crippen LogP contribution in [0, 0.1) is 6.92 Å². The van der Waals surface area contributed by atoms with Gasteiger partial charge in [-0.15, -0.1) is 0 Å². The molecule has 0 radical (unpaired) electrons. The van der Waals surface area contributed by atoms with Crippen molar-refractivity contribution in [1.29, 1.82) is 0 Å². The molecule has 3 aromatic rings. The molecule has 0 aliphatic heterocycles. The van der Waals surface area contributed by atoms with E-state index in [0.29, 0.717) is 5.02 Å². The molecule has 0 saturated heterocycles. The molecule has 0 fully saturated rings. The van der Waals surface area contributed by atoms with Gasteiger partial charge in [-0.1, -0.05) is 47.5 Å². The Morgan fingerprint density at radius 1 is 0.905 bits per heavy atom. The first-order chi connectivity index (χ1) is 10.1. The van der Waals surface area contributed by atoms with E-state index in [9.17, 15) is 0 Å². The molecule has 0 aliphatic rings. The molecule has 0 atom stereocenters. The maximum atomic E-state index is 6.22. The zero-order valence-corrected chi connectivity index (χ0v) is 12.9. The van der Waals surface area contributed by atoms with Crippen LogP contribution in [0.15, 0.2) is 55.0 Å². The van der Waals surface area contributed by atoms with Crippen LogP contribution in [0.2, 0.25) is 10.0 Å². The van der Waals surface area contributed by atoms with Gasteiger partial charge in [0.2, 0.25) is 0 Å². The SMILES string of the molecule is Cc1ccc(-c2ncncc2-c2ccc(Cl)cc2)cc1Cl. The summed E-state index contributed by atoms with van der Waals surface area (Å²) in [6.45, 7) is 1.98. The fourth-order valence-corrected chi connectivity index (χ4v) is 2.45. The second-order valence-corrected chi connectivity index (χ2v) is 5.60. The summed E-state index contributed by atoms with van der Waals surface area (Å²) in [7, 11) is 0. The van der Waals surface area contributed by atoms with E-state index in [1.807, 2.05) is 49.4 Å². The summed E-state index contributed by atoms with van der Waals surface area (Å²) < 4.78 is 0. The van der Waals surface area contributed by atoms with Crippen LogP contribution in [0.3, 0.4) is 0 Å². The Kier molecular flexibility index (Phi) is 3.91. The Balaban J connectivity index is 2.15. The van der Waals surface area contributed by atoms with E-state index < -0.39 is 0 Å². The molecule has 2 nitrogen and oxygen atoms in total. The maximum absolute atomic E-state index is 6.22. The molecular weight excluding hydrogens is 303 g/mol. The Morgan fingerprint density at radius 2 is 1.62 bits per heavy atom. The zero-order chi connectivity index (χ0) is 14.8. The topological polar surface area (TPSA) is 25.8 Å². The number of nitrogens with zero attached hydrogens (tertiary/aromatic N) is 2. The van der Waals surface area contributed by atoms with Crippen LogP contribution in [0.4, 0.5) is 0 Å². The fourth-order valence-electron chi connectivity index (χ4n) is 2.14. The molecule has 104 valence electrons. The number of aromatic nitrogens is 2. The van der Waals surface area contributed by atoms with Crippen LogP contribution in [-0.4, -0.2) is 9.97 Å². The summed E-state index contributed by atoms with van der Waals surface area (Å²) in [6.07, 6.45) is 3.35. The first-order valence-electron chi connectivity index (χ1n) is 6.47. The summed E-state index contributed by atoms with van der Waals surface area (Å²) in [5, 5.41) is 1.43. The van der Waals surface area contributed by atoms with Crippen molar-refractivity contribution >= 4 is 23.2 Å². The highest BCUT2D eigenvalue weighted by Gasteiger charge is 2.10. The van der Waals surface area contributed by atoms with E-state index >= 15 is 0 Å². The van der Waals surface area contributed by atoms with Gasteiger partial charge < -0.3 is 0 Å². The van der Waals surface area contributed by atoms with E-state index in [4.69, 9.17) is 23.2 Å².